The molecule has 0 aliphatic carbocycles. The number of benzene rings is 2. The highest BCUT2D eigenvalue weighted by atomic mass is 35.5. The molecule has 140 valence electrons. The lowest BCUT2D eigenvalue weighted by Crippen LogP contribution is -2.23. The van der Waals surface area contributed by atoms with E-state index in [4.69, 9.17) is 37.2 Å². The van der Waals surface area contributed by atoms with Crippen molar-refractivity contribution in [2.24, 2.45) is 0 Å². The van der Waals surface area contributed by atoms with Crippen molar-refractivity contribution < 1.29 is 18.8 Å². The van der Waals surface area contributed by atoms with E-state index in [1.807, 2.05) is 6.07 Å². The zero-order chi connectivity index (χ0) is 19.4. The Morgan fingerprint density at radius 1 is 1.07 bits per heavy atom. The SMILES string of the molecule is COc1ccc(-c2cc(CNC(=O)c3ccc(Cl)cc3Cl)no2)cc1OC. The Kier molecular flexibility index (Phi) is 5.88. The minimum atomic E-state index is -0.327. The number of hydrogen-bond acceptors (Lipinski definition) is 5. The minimum absolute atomic E-state index is 0.189. The minimum Gasteiger partial charge on any atom is -0.493 e. The predicted molar refractivity (Wildman–Crippen MR) is 103 cm³/mol. The maximum Gasteiger partial charge on any atom is 0.253 e. The molecular formula is C19H16Cl2N2O4. The van der Waals surface area contributed by atoms with Crippen molar-refractivity contribution in [2.45, 2.75) is 6.54 Å². The molecule has 2 aromatic carbocycles. The van der Waals surface area contributed by atoms with Crippen LogP contribution in [0.25, 0.3) is 11.3 Å². The Morgan fingerprint density at radius 2 is 1.85 bits per heavy atom. The van der Waals surface area contributed by atoms with Crippen LogP contribution in [0.2, 0.25) is 10.0 Å². The van der Waals surface area contributed by atoms with Crippen LogP contribution >= 0.6 is 23.2 Å². The smallest absolute Gasteiger partial charge is 0.253 e. The van der Waals surface area contributed by atoms with E-state index >= 15 is 0 Å². The number of methoxy groups -OCH3 is 2. The standard InChI is InChI=1S/C19H16Cl2N2O4/c1-25-16-6-3-11(7-18(16)26-2)17-9-13(23-27-17)10-22-19(24)14-5-4-12(20)8-15(14)21/h3-9H,10H2,1-2H3,(H,22,24). The van der Waals surface area contributed by atoms with Gasteiger partial charge in [-0.2, -0.15) is 0 Å². The van der Waals surface area contributed by atoms with E-state index in [-0.39, 0.29) is 17.5 Å². The summed E-state index contributed by atoms with van der Waals surface area (Å²) in [7, 11) is 3.13. The molecule has 0 radical (unpaired) electrons. The number of aromatic nitrogens is 1. The van der Waals surface area contributed by atoms with Gasteiger partial charge >= 0.3 is 0 Å². The van der Waals surface area contributed by atoms with Crippen LogP contribution in [0.1, 0.15) is 16.1 Å². The third-order valence-electron chi connectivity index (χ3n) is 3.83. The number of amides is 1. The molecule has 1 amide bonds. The first kappa shape index (κ1) is 19.1. The monoisotopic (exact) mass is 406 g/mol. The summed E-state index contributed by atoms with van der Waals surface area (Å²) in [6, 6.07) is 11.8. The van der Waals surface area contributed by atoms with Gasteiger partial charge in [-0.05, 0) is 36.4 Å². The molecule has 0 unspecified atom stereocenters. The summed E-state index contributed by atoms with van der Waals surface area (Å²) >= 11 is 11.9. The number of nitrogens with one attached hydrogen (secondary N) is 1. The number of ether oxygens (including phenoxy) is 2. The first-order chi connectivity index (χ1) is 13.0. The van der Waals surface area contributed by atoms with E-state index in [0.29, 0.717) is 33.5 Å². The van der Waals surface area contributed by atoms with Crippen LogP contribution in [0.3, 0.4) is 0 Å². The molecule has 3 rings (SSSR count). The number of halogens is 2. The van der Waals surface area contributed by atoms with Gasteiger partial charge in [-0.1, -0.05) is 28.4 Å². The third kappa shape index (κ3) is 4.35. The summed E-state index contributed by atoms with van der Waals surface area (Å²) < 4.78 is 15.9. The number of nitrogens with zero attached hydrogens (tertiary/aromatic N) is 1. The lowest BCUT2D eigenvalue weighted by atomic mass is 10.1. The van der Waals surface area contributed by atoms with Crippen LogP contribution in [0.5, 0.6) is 11.5 Å². The van der Waals surface area contributed by atoms with E-state index in [9.17, 15) is 4.79 Å². The molecule has 0 atom stereocenters. The Balaban J connectivity index is 1.70. The van der Waals surface area contributed by atoms with Crippen LogP contribution in [-0.4, -0.2) is 25.3 Å². The third-order valence-corrected chi connectivity index (χ3v) is 4.38. The Bertz CT molecular complexity index is 972. The van der Waals surface area contributed by atoms with Crippen molar-refractivity contribution >= 4 is 29.1 Å². The first-order valence-electron chi connectivity index (χ1n) is 7.93. The zero-order valence-corrected chi connectivity index (χ0v) is 16.1. The summed E-state index contributed by atoms with van der Waals surface area (Å²) in [4.78, 5) is 12.3. The average Bonchev–Trinajstić information content (AvgIpc) is 3.14. The molecule has 27 heavy (non-hydrogen) atoms. The number of hydrogen-bond donors (Lipinski definition) is 1. The quantitative estimate of drug-likeness (QED) is 0.647. The largest absolute Gasteiger partial charge is 0.493 e. The number of rotatable bonds is 6. The summed E-state index contributed by atoms with van der Waals surface area (Å²) in [5.41, 5.74) is 1.68. The van der Waals surface area contributed by atoms with Crippen molar-refractivity contribution in [3.8, 4) is 22.8 Å². The average molecular weight is 407 g/mol. The van der Waals surface area contributed by atoms with Crippen LogP contribution in [0.4, 0.5) is 0 Å². The number of carbonyl (C=O) groups excluding carboxylic acids is 1. The predicted octanol–water partition coefficient (Wildman–Crippen LogP) is 4.60. The fraction of sp³-hybridized carbons (Fsp3) is 0.158. The van der Waals surface area contributed by atoms with Gasteiger partial charge in [0, 0.05) is 16.7 Å². The molecule has 0 bridgehead atoms. The molecule has 0 aliphatic heterocycles. The van der Waals surface area contributed by atoms with Crippen LogP contribution in [0, 0.1) is 0 Å². The van der Waals surface area contributed by atoms with Gasteiger partial charge in [0.25, 0.3) is 5.91 Å². The molecule has 0 saturated carbocycles. The van der Waals surface area contributed by atoms with Gasteiger partial charge in [0.2, 0.25) is 0 Å². The molecule has 1 heterocycles. The molecular weight excluding hydrogens is 391 g/mol. The molecule has 0 saturated heterocycles. The van der Waals surface area contributed by atoms with Crippen molar-refractivity contribution in [1.82, 2.24) is 10.5 Å². The van der Waals surface area contributed by atoms with Crippen molar-refractivity contribution in [1.29, 1.82) is 0 Å². The summed E-state index contributed by atoms with van der Waals surface area (Å²) in [5, 5.41) is 7.47. The zero-order valence-electron chi connectivity index (χ0n) is 14.6. The summed E-state index contributed by atoms with van der Waals surface area (Å²) in [5.74, 6) is 1.42. The lowest BCUT2D eigenvalue weighted by Gasteiger charge is -2.07. The maximum atomic E-state index is 12.3. The fourth-order valence-corrected chi connectivity index (χ4v) is 2.95. The highest BCUT2D eigenvalue weighted by Gasteiger charge is 2.14. The van der Waals surface area contributed by atoms with Gasteiger partial charge in [-0.15, -0.1) is 0 Å². The van der Waals surface area contributed by atoms with Crippen LogP contribution < -0.4 is 14.8 Å². The molecule has 0 fully saturated rings. The first-order valence-corrected chi connectivity index (χ1v) is 8.68. The van der Waals surface area contributed by atoms with Crippen molar-refractivity contribution in [3.63, 3.8) is 0 Å². The van der Waals surface area contributed by atoms with Gasteiger partial charge < -0.3 is 19.3 Å². The second-order valence-corrected chi connectivity index (χ2v) is 6.40. The maximum absolute atomic E-state index is 12.3. The molecule has 3 aromatic rings. The van der Waals surface area contributed by atoms with Gasteiger partial charge in [0.05, 0.1) is 31.4 Å². The van der Waals surface area contributed by atoms with E-state index in [2.05, 4.69) is 10.5 Å². The molecule has 0 spiro atoms. The van der Waals surface area contributed by atoms with Crippen molar-refractivity contribution in [3.05, 3.63) is 63.8 Å². The van der Waals surface area contributed by atoms with E-state index in [1.54, 1.807) is 44.6 Å². The van der Waals surface area contributed by atoms with Gasteiger partial charge in [-0.25, -0.2) is 0 Å². The van der Waals surface area contributed by atoms with Crippen LogP contribution in [0.15, 0.2) is 47.0 Å². The topological polar surface area (TPSA) is 73.6 Å². The van der Waals surface area contributed by atoms with E-state index in [1.165, 1.54) is 6.07 Å². The number of carbonyl (C=O) groups is 1. The Labute approximate surface area is 166 Å². The molecule has 0 aliphatic rings. The highest BCUT2D eigenvalue weighted by Crippen LogP contribution is 2.32. The van der Waals surface area contributed by atoms with E-state index < -0.39 is 0 Å². The second-order valence-electron chi connectivity index (χ2n) is 5.56. The summed E-state index contributed by atoms with van der Waals surface area (Å²) in [6.07, 6.45) is 0. The second kappa shape index (κ2) is 8.33. The summed E-state index contributed by atoms with van der Waals surface area (Å²) in [6.45, 7) is 0.189. The molecule has 8 heteroatoms. The van der Waals surface area contributed by atoms with E-state index in [0.717, 1.165) is 5.56 Å². The van der Waals surface area contributed by atoms with Crippen molar-refractivity contribution in [2.75, 3.05) is 14.2 Å². The fourth-order valence-electron chi connectivity index (χ4n) is 2.46. The van der Waals surface area contributed by atoms with Crippen LogP contribution in [-0.2, 0) is 6.54 Å². The van der Waals surface area contributed by atoms with Gasteiger partial charge in [0.15, 0.2) is 17.3 Å². The lowest BCUT2D eigenvalue weighted by molar-refractivity contribution is 0.0950. The molecule has 1 aromatic heterocycles. The molecule has 6 nitrogen and oxygen atoms in total. The highest BCUT2D eigenvalue weighted by molar-refractivity contribution is 6.36. The normalized spacial score (nSPS) is 10.5. The van der Waals surface area contributed by atoms with Gasteiger partial charge in [-0.3, -0.25) is 4.79 Å². The Morgan fingerprint density at radius 3 is 2.56 bits per heavy atom. The van der Waals surface area contributed by atoms with Gasteiger partial charge in [0.1, 0.15) is 5.69 Å². The molecule has 1 N–H and O–H groups in total. The Hall–Kier alpha value is -2.70.